The van der Waals surface area contributed by atoms with Gasteiger partial charge in [0.15, 0.2) is 0 Å². The van der Waals surface area contributed by atoms with Gasteiger partial charge in [0.1, 0.15) is 10.7 Å². The SMILES string of the molecule is CCCCN(C(C)CC)S(=O)(=O)c1cc(Br)cnc1N. The lowest BCUT2D eigenvalue weighted by molar-refractivity contribution is 0.324. The normalized spacial score (nSPS) is 13.7. The monoisotopic (exact) mass is 363 g/mol. The lowest BCUT2D eigenvalue weighted by Gasteiger charge is -2.28. The Hall–Kier alpha value is -0.660. The van der Waals surface area contributed by atoms with Gasteiger partial charge in [0.25, 0.3) is 0 Å². The fourth-order valence-electron chi connectivity index (χ4n) is 1.86. The van der Waals surface area contributed by atoms with Gasteiger partial charge < -0.3 is 5.73 Å². The first-order valence-electron chi connectivity index (χ1n) is 6.77. The Labute approximate surface area is 129 Å². The molecule has 7 heteroatoms. The van der Waals surface area contributed by atoms with Crippen LogP contribution in [0.5, 0.6) is 0 Å². The Morgan fingerprint density at radius 1 is 1.45 bits per heavy atom. The predicted octanol–water partition coefficient (Wildman–Crippen LogP) is 3.02. The summed E-state index contributed by atoms with van der Waals surface area (Å²) < 4.78 is 27.7. The number of nitrogens with two attached hydrogens (primary N) is 1. The molecule has 2 N–H and O–H groups in total. The molecule has 0 aliphatic carbocycles. The van der Waals surface area contributed by atoms with Crippen LogP contribution in [0.2, 0.25) is 0 Å². The Kier molecular flexibility index (Phi) is 6.42. The van der Waals surface area contributed by atoms with Crippen molar-refractivity contribution < 1.29 is 8.42 Å². The van der Waals surface area contributed by atoms with E-state index in [1.807, 2.05) is 20.8 Å². The number of anilines is 1. The summed E-state index contributed by atoms with van der Waals surface area (Å²) >= 11 is 3.24. The Bertz CT molecular complexity index is 549. The molecule has 1 aromatic heterocycles. The van der Waals surface area contributed by atoms with Crippen molar-refractivity contribution >= 4 is 31.8 Å². The number of rotatable bonds is 7. The van der Waals surface area contributed by atoms with Crippen LogP contribution in [0.3, 0.4) is 0 Å². The van der Waals surface area contributed by atoms with Crippen molar-refractivity contribution in [3.8, 4) is 0 Å². The first-order valence-corrected chi connectivity index (χ1v) is 9.00. The molecule has 0 spiro atoms. The first kappa shape index (κ1) is 17.4. The molecule has 0 fully saturated rings. The van der Waals surface area contributed by atoms with Crippen LogP contribution in [0.15, 0.2) is 21.6 Å². The first-order chi connectivity index (χ1) is 9.34. The van der Waals surface area contributed by atoms with Crippen molar-refractivity contribution in [3.63, 3.8) is 0 Å². The summed E-state index contributed by atoms with van der Waals surface area (Å²) in [6.07, 6.45) is 4.01. The van der Waals surface area contributed by atoms with Gasteiger partial charge in [-0.1, -0.05) is 20.3 Å². The van der Waals surface area contributed by atoms with Gasteiger partial charge in [-0.05, 0) is 41.8 Å². The lowest BCUT2D eigenvalue weighted by atomic mass is 10.2. The van der Waals surface area contributed by atoms with Crippen LogP contribution in [0.25, 0.3) is 0 Å². The van der Waals surface area contributed by atoms with Crippen LogP contribution in [-0.2, 0) is 10.0 Å². The van der Waals surface area contributed by atoms with Crippen LogP contribution in [0.4, 0.5) is 5.82 Å². The highest BCUT2D eigenvalue weighted by Gasteiger charge is 2.30. The van der Waals surface area contributed by atoms with E-state index in [-0.39, 0.29) is 16.8 Å². The fourth-order valence-corrected chi connectivity index (χ4v) is 4.18. The summed E-state index contributed by atoms with van der Waals surface area (Å²) in [4.78, 5) is 3.99. The third kappa shape index (κ3) is 3.93. The maximum absolute atomic E-state index is 12.8. The quantitative estimate of drug-likeness (QED) is 0.807. The summed E-state index contributed by atoms with van der Waals surface area (Å²) in [6, 6.07) is 1.45. The minimum atomic E-state index is -3.62. The molecule has 5 nitrogen and oxygen atoms in total. The molecule has 0 aromatic carbocycles. The number of hydrogen-bond donors (Lipinski definition) is 1. The van der Waals surface area contributed by atoms with E-state index >= 15 is 0 Å². The highest BCUT2D eigenvalue weighted by Crippen LogP contribution is 2.26. The van der Waals surface area contributed by atoms with Crippen LogP contribution >= 0.6 is 15.9 Å². The zero-order chi connectivity index (χ0) is 15.3. The van der Waals surface area contributed by atoms with Crippen molar-refractivity contribution in [2.24, 2.45) is 0 Å². The number of sulfonamides is 1. The minimum Gasteiger partial charge on any atom is -0.383 e. The maximum Gasteiger partial charge on any atom is 0.247 e. The van der Waals surface area contributed by atoms with Crippen molar-refractivity contribution in [1.29, 1.82) is 0 Å². The highest BCUT2D eigenvalue weighted by atomic mass is 79.9. The summed E-state index contributed by atoms with van der Waals surface area (Å²) in [6.45, 7) is 6.42. The second-order valence-corrected chi connectivity index (χ2v) is 7.54. The Morgan fingerprint density at radius 2 is 2.10 bits per heavy atom. The standard InChI is InChI=1S/C13H22BrN3O2S/c1-4-6-7-17(10(3)5-2)20(18,19)12-8-11(14)9-16-13(12)15/h8-10H,4-7H2,1-3H3,(H2,15,16). The highest BCUT2D eigenvalue weighted by molar-refractivity contribution is 9.10. The zero-order valence-electron chi connectivity index (χ0n) is 12.1. The van der Waals surface area contributed by atoms with Gasteiger partial charge in [-0.15, -0.1) is 0 Å². The third-order valence-electron chi connectivity index (χ3n) is 3.25. The maximum atomic E-state index is 12.8. The van der Waals surface area contributed by atoms with Gasteiger partial charge in [-0.25, -0.2) is 13.4 Å². The molecule has 1 atom stereocenters. The second kappa shape index (κ2) is 7.38. The van der Waals surface area contributed by atoms with Gasteiger partial charge in [0, 0.05) is 23.3 Å². The molecular formula is C13H22BrN3O2S. The molecule has 0 saturated carbocycles. The van der Waals surface area contributed by atoms with Crippen molar-refractivity contribution in [2.45, 2.75) is 51.0 Å². The topological polar surface area (TPSA) is 76.3 Å². The molecule has 0 bridgehead atoms. The minimum absolute atomic E-state index is 0.0398. The van der Waals surface area contributed by atoms with E-state index < -0.39 is 10.0 Å². The summed E-state index contributed by atoms with van der Waals surface area (Å²) in [5.74, 6) is 0.0398. The Morgan fingerprint density at radius 3 is 2.65 bits per heavy atom. The largest absolute Gasteiger partial charge is 0.383 e. The van der Waals surface area contributed by atoms with E-state index in [2.05, 4.69) is 20.9 Å². The van der Waals surface area contributed by atoms with Gasteiger partial charge in [-0.2, -0.15) is 4.31 Å². The lowest BCUT2D eigenvalue weighted by Crippen LogP contribution is -2.39. The predicted molar refractivity (Wildman–Crippen MR) is 84.9 cm³/mol. The zero-order valence-corrected chi connectivity index (χ0v) is 14.5. The number of nitrogen functional groups attached to an aromatic ring is 1. The average Bonchev–Trinajstić information content (AvgIpc) is 2.41. The van der Waals surface area contributed by atoms with Crippen molar-refractivity contribution in [1.82, 2.24) is 9.29 Å². The molecule has 0 amide bonds. The molecule has 0 aliphatic heterocycles. The average molecular weight is 364 g/mol. The van der Waals surface area contributed by atoms with Gasteiger partial charge in [0.2, 0.25) is 10.0 Å². The van der Waals surface area contributed by atoms with E-state index in [9.17, 15) is 8.42 Å². The van der Waals surface area contributed by atoms with Crippen LogP contribution < -0.4 is 5.73 Å². The van der Waals surface area contributed by atoms with E-state index in [0.29, 0.717) is 11.0 Å². The molecule has 1 aromatic rings. The van der Waals surface area contributed by atoms with Crippen LogP contribution in [0.1, 0.15) is 40.0 Å². The van der Waals surface area contributed by atoms with Crippen LogP contribution in [0, 0.1) is 0 Å². The van der Waals surface area contributed by atoms with Crippen LogP contribution in [-0.4, -0.2) is 30.3 Å². The van der Waals surface area contributed by atoms with Gasteiger partial charge >= 0.3 is 0 Å². The van der Waals surface area contributed by atoms with Gasteiger partial charge in [0.05, 0.1) is 0 Å². The van der Waals surface area contributed by atoms with E-state index in [1.54, 1.807) is 0 Å². The van der Waals surface area contributed by atoms with E-state index in [0.717, 1.165) is 19.3 Å². The van der Waals surface area contributed by atoms with E-state index in [4.69, 9.17) is 5.73 Å². The summed E-state index contributed by atoms with van der Waals surface area (Å²) in [7, 11) is -3.62. The van der Waals surface area contributed by atoms with Crippen molar-refractivity contribution in [2.75, 3.05) is 12.3 Å². The number of hydrogen-bond acceptors (Lipinski definition) is 4. The number of nitrogens with zero attached hydrogens (tertiary/aromatic N) is 2. The molecule has 20 heavy (non-hydrogen) atoms. The van der Waals surface area contributed by atoms with Crippen molar-refractivity contribution in [3.05, 3.63) is 16.7 Å². The Balaban J connectivity index is 3.24. The molecule has 1 rings (SSSR count). The number of unbranched alkanes of at least 4 members (excludes halogenated alkanes) is 1. The van der Waals surface area contributed by atoms with E-state index in [1.165, 1.54) is 16.6 Å². The number of pyridine rings is 1. The molecule has 0 saturated heterocycles. The molecular weight excluding hydrogens is 342 g/mol. The molecule has 114 valence electrons. The fraction of sp³-hybridized carbons (Fsp3) is 0.615. The third-order valence-corrected chi connectivity index (χ3v) is 5.73. The second-order valence-electron chi connectivity index (χ2n) is 4.76. The number of aromatic nitrogens is 1. The molecule has 1 unspecified atom stereocenters. The molecule has 0 radical (unpaired) electrons. The number of halogens is 1. The molecule has 0 aliphatic rings. The summed E-state index contributed by atoms with van der Waals surface area (Å²) in [5, 5.41) is 0. The smallest absolute Gasteiger partial charge is 0.247 e. The molecule has 1 heterocycles. The summed E-state index contributed by atoms with van der Waals surface area (Å²) in [5.41, 5.74) is 5.75. The van der Waals surface area contributed by atoms with Gasteiger partial charge in [-0.3, -0.25) is 0 Å².